The second-order valence-electron chi connectivity index (χ2n) is 7.08. The molecule has 1 aromatic heterocycles. The molecule has 1 fully saturated rings. The summed E-state index contributed by atoms with van der Waals surface area (Å²) >= 11 is 5.52. The first-order valence-corrected chi connectivity index (χ1v) is 9.60. The summed E-state index contributed by atoms with van der Waals surface area (Å²) in [7, 11) is 0. The molecule has 1 aliphatic heterocycles. The molecule has 1 amide bonds. The fraction of sp³-hybridized carbons (Fsp3) is 0.381. The van der Waals surface area contributed by atoms with Crippen LogP contribution in [0.2, 0.25) is 0 Å². The maximum atomic E-state index is 12.5. The monoisotopic (exact) mass is 380 g/mol. The van der Waals surface area contributed by atoms with Crippen molar-refractivity contribution in [1.82, 2.24) is 9.47 Å². The van der Waals surface area contributed by atoms with Crippen LogP contribution >= 0.6 is 12.2 Å². The fourth-order valence-corrected chi connectivity index (χ4v) is 3.95. The summed E-state index contributed by atoms with van der Waals surface area (Å²) in [5.74, 6) is 0.124. The van der Waals surface area contributed by atoms with Gasteiger partial charge in [-0.2, -0.15) is 5.26 Å². The molecule has 140 valence electrons. The molecule has 1 N–H and O–H groups in total. The van der Waals surface area contributed by atoms with Gasteiger partial charge in [-0.1, -0.05) is 30.4 Å². The SMILES string of the molecule is Cc1cc(C)n(CN2CCC(C(=O)Nc3ccccc3)CC2)c(=S)c1C#N. The Kier molecular flexibility index (Phi) is 6.04. The number of amides is 1. The molecule has 1 aromatic carbocycles. The van der Waals surface area contributed by atoms with Gasteiger partial charge < -0.3 is 9.88 Å². The second kappa shape index (κ2) is 8.47. The molecule has 0 aliphatic carbocycles. The summed E-state index contributed by atoms with van der Waals surface area (Å²) in [6.45, 7) is 6.27. The summed E-state index contributed by atoms with van der Waals surface area (Å²) in [5.41, 5.74) is 3.40. The Hall–Kier alpha value is -2.49. The number of para-hydroxylation sites is 1. The summed E-state index contributed by atoms with van der Waals surface area (Å²) in [6, 6.07) is 13.8. The van der Waals surface area contributed by atoms with Gasteiger partial charge in [-0.25, -0.2) is 0 Å². The highest BCUT2D eigenvalue weighted by atomic mass is 32.1. The molecule has 3 rings (SSSR count). The van der Waals surface area contributed by atoms with Gasteiger partial charge in [0.1, 0.15) is 10.7 Å². The lowest BCUT2D eigenvalue weighted by Crippen LogP contribution is -2.39. The third-order valence-corrected chi connectivity index (χ3v) is 5.58. The average Bonchev–Trinajstić information content (AvgIpc) is 2.66. The van der Waals surface area contributed by atoms with E-state index in [-0.39, 0.29) is 11.8 Å². The van der Waals surface area contributed by atoms with Crippen LogP contribution in [0.4, 0.5) is 5.69 Å². The Bertz CT molecular complexity index is 922. The van der Waals surface area contributed by atoms with Gasteiger partial charge >= 0.3 is 0 Å². The number of benzene rings is 1. The van der Waals surface area contributed by atoms with Crippen molar-refractivity contribution in [2.75, 3.05) is 18.4 Å². The van der Waals surface area contributed by atoms with Crippen molar-refractivity contribution in [3.8, 4) is 6.07 Å². The van der Waals surface area contributed by atoms with E-state index in [1.54, 1.807) is 0 Å². The number of likely N-dealkylation sites (tertiary alicyclic amines) is 1. The first-order valence-electron chi connectivity index (χ1n) is 9.19. The number of carbonyl (C=O) groups excluding carboxylic acids is 1. The van der Waals surface area contributed by atoms with E-state index in [4.69, 9.17) is 12.2 Å². The topological polar surface area (TPSA) is 61.1 Å². The Labute approximate surface area is 165 Å². The molecular weight excluding hydrogens is 356 g/mol. The molecule has 2 heterocycles. The molecule has 0 bridgehead atoms. The fourth-order valence-electron chi connectivity index (χ4n) is 3.54. The summed E-state index contributed by atoms with van der Waals surface area (Å²) < 4.78 is 2.62. The summed E-state index contributed by atoms with van der Waals surface area (Å²) in [5, 5.41) is 12.3. The molecule has 0 atom stereocenters. The zero-order chi connectivity index (χ0) is 19.4. The smallest absolute Gasteiger partial charge is 0.227 e. The summed E-state index contributed by atoms with van der Waals surface area (Å²) in [6.07, 6.45) is 1.64. The van der Waals surface area contributed by atoms with Gasteiger partial charge in [-0.05, 0) is 50.5 Å². The van der Waals surface area contributed by atoms with Gasteiger partial charge in [0.05, 0.1) is 12.2 Å². The molecule has 6 heteroatoms. The highest BCUT2D eigenvalue weighted by molar-refractivity contribution is 7.71. The van der Waals surface area contributed by atoms with E-state index < -0.39 is 0 Å². The van der Waals surface area contributed by atoms with Crippen molar-refractivity contribution in [1.29, 1.82) is 5.26 Å². The van der Waals surface area contributed by atoms with Crippen LogP contribution in [0, 0.1) is 35.7 Å². The molecule has 0 radical (unpaired) electrons. The number of nitrogens with one attached hydrogen (secondary N) is 1. The number of nitriles is 1. The number of carbonyl (C=O) groups is 1. The number of aryl methyl sites for hydroxylation is 2. The van der Waals surface area contributed by atoms with Crippen molar-refractivity contribution in [3.63, 3.8) is 0 Å². The van der Waals surface area contributed by atoms with E-state index in [9.17, 15) is 10.1 Å². The first-order chi connectivity index (χ1) is 13.0. The predicted octanol–water partition coefficient (Wildman–Crippen LogP) is 4.01. The van der Waals surface area contributed by atoms with Crippen molar-refractivity contribution < 1.29 is 4.79 Å². The van der Waals surface area contributed by atoms with Crippen LogP contribution in [0.1, 0.15) is 29.7 Å². The maximum absolute atomic E-state index is 12.5. The predicted molar refractivity (Wildman–Crippen MR) is 109 cm³/mol. The maximum Gasteiger partial charge on any atom is 0.227 e. The quantitative estimate of drug-likeness (QED) is 0.814. The van der Waals surface area contributed by atoms with Crippen LogP contribution in [-0.2, 0) is 11.5 Å². The van der Waals surface area contributed by atoms with Crippen molar-refractivity contribution in [3.05, 3.63) is 57.9 Å². The number of nitrogens with zero attached hydrogens (tertiary/aromatic N) is 3. The summed E-state index contributed by atoms with van der Waals surface area (Å²) in [4.78, 5) is 14.8. The number of hydrogen-bond donors (Lipinski definition) is 1. The van der Waals surface area contributed by atoms with E-state index in [1.165, 1.54) is 0 Å². The van der Waals surface area contributed by atoms with E-state index >= 15 is 0 Å². The lowest BCUT2D eigenvalue weighted by molar-refractivity contribution is -0.121. The van der Waals surface area contributed by atoms with Crippen LogP contribution in [0.3, 0.4) is 0 Å². The van der Waals surface area contributed by atoms with Crippen molar-refractivity contribution in [2.45, 2.75) is 33.4 Å². The Morgan fingerprint density at radius 2 is 1.93 bits per heavy atom. The van der Waals surface area contributed by atoms with Gasteiger partial charge in [0.2, 0.25) is 5.91 Å². The molecule has 5 nitrogen and oxygen atoms in total. The van der Waals surface area contributed by atoms with Gasteiger partial charge in [-0.15, -0.1) is 0 Å². The highest BCUT2D eigenvalue weighted by Crippen LogP contribution is 2.21. The number of rotatable bonds is 4. The van der Waals surface area contributed by atoms with Crippen LogP contribution in [0.25, 0.3) is 0 Å². The molecule has 0 saturated carbocycles. The zero-order valence-corrected chi connectivity index (χ0v) is 16.6. The molecule has 0 spiro atoms. The van der Waals surface area contributed by atoms with Crippen LogP contribution in [0.5, 0.6) is 0 Å². The number of piperidine rings is 1. The third kappa shape index (κ3) is 4.44. The van der Waals surface area contributed by atoms with Crippen molar-refractivity contribution in [2.24, 2.45) is 5.92 Å². The third-order valence-electron chi connectivity index (χ3n) is 5.16. The molecule has 1 saturated heterocycles. The Morgan fingerprint density at radius 3 is 2.56 bits per heavy atom. The van der Waals surface area contributed by atoms with E-state index in [0.29, 0.717) is 16.9 Å². The number of hydrogen-bond acceptors (Lipinski definition) is 4. The Morgan fingerprint density at radius 1 is 1.26 bits per heavy atom. The first kappa shape index (κ1) is 19.3. The van der Waals surface area contributed by atoms with E-state index in [2.05, 4.69) is 16.3 Å². The second-order valence-corrected chi connectivity index (χ2v) is 7.46. The number of anilines is 1. The molecule has 1 aliphatic rings. The van der Waals surface area contributed by atoms with E-state index in [0.717, 1.165) is 42.9 Å². The molecular formula is C21H24N4OS. The normalized spacial score (nSPS) is 15.3. The van der Waals surface area contributed by atoms with Gasteiger partial charge in [0, 0.05) is 30.4 Å². The van der Waals surface area contributed by atoms with Gasteiger partial charge in [-0.3, -0.25) is 9.69 Å². The lowest BCUT2D eigenvalue weighted by Gasteiger charge is -2.32. The lowest BCUT2D eigenvalue weighted by atomic mass is 9.96. The Balaban J connectivity index is 1.61. The van der Waals surface area contributed by atoms with Crippen LogP contribution in [-0.4, -0.2) is 28.5 Å². The molecule has 27 heavy (non-hydrogen) atoms. The van der Waals surface area contributed by atoms with Gasteiger partial charge in [0.15, 0.2) is 0 Å². The zero-order valence-electron chi connectivity index (χ0n) is 15.7. The van der Waals surface area contributed by atoms with E-state index in [1.807, 2.05) is 54.8 Å². The number of pyridine rings is 1. The van der Waals surface area contributed by atoms with Crippen molar-refractivity contribution >= 4 is 23.8 Å². The minimum Gasteiger partial charge on any atom is -0.326 e. The van der Waals surface area contributed by atoms with Gasteiger partial charge in [0.25, 0.3) is 0 Å². The van der Waals surface area contributed by atoms with Crippen LogP contribution in [0.15, 0.2) is 36.4 Å². The molecule has 2 aromatic rings. The van der Waals surface area contributed by atoms with Crippen LogP contribution < -0.4 is 5.32 Å². The largest absolute Gasteiger partial charge is 0.326 e. The molecule has 0 unspecified atom stereocenters. The minimum atomic E-state index is 0.0308. The average molecular weight is 381 g/mol. The number of aromatic nitrogens is 1. The minimum absolute atomic E-state index is 0.0308. The highest BCUT2D eigenvalue weighted by Gasteiger charge is 2.25. The standard InChI is InChI=1S/C21H24N4OS/c1-15-12-16(2)25(21(27)19(15)13-22)14-24-10-8-17(9-11-24)20(26)23-18-6-4-3-5-7-18/h3-7,12,17H,8-11,14H2,1-2H3,(H,23,26).